The highest BCUT2D eigenvalue weighted by molar-refractivity contribution is 6.34. The van der Waals surface area contributed by atoms with Gasteiger partial charge in [0, 0.05) is 72.0 Å². The van der Waals surface area contributed by atoms with Crippen LogP contribution >= 0.6 is 0 Å². The van der Waals surface area contributed by atoms with Gasteiger partial charge in [0.2, 0.25) is 0 Å². The molecular formula is C14H27N5O3. The summed E-state index contributed by atoms with van der Waals surface area (Å²) in [5.74, 6) is -0.779. The van der Waals surface area contributed by atoms with E-state index in [1.165, 1.54) is 0 Å². The molecule has 2 saturated heterocycles. The highest BCUT2D eigenvalue weighted by Crippen LogP contribution is 2.06. The van der Waals surface area contributed by atoms with E-state index in [2.05, 4.69) is 9.80 Å². The third-order valence-electron chi connectivity index (χ3n) is 4.36. The molecule has 8 heteroatoms. The molecule has 0 spiro atoms. The Bertz CT molecular complexity index is 341. The van der Waals surface area contributed by atoms with Gasteiger partial charge in [-0.05, 0) is 0 Å². The van der Waals surface area contributed by atoms with Crippen LogP contribution in [-0.2, 0) is 9.59 Å². The number of aliphatic hydroxyl groups excluding tert-OH is 1. The molecule has 8 nitrogen and oxygen atoms in total. The van der Waals surface area contributed by atoms with E-state index in [0.717, 1.165) is 19.6 Å². The summed E-state index contributed by atoms with van der Waals surface area (Å²) in [6, 6.07) is 0. The Morgan fingerprint density at radius 3 is 1.55 bits per heavy atom. The number of nitrogens with two attached hydrogens (primary N) is 1. The minimum atomic E-state index is -0.393. The second kappa shape index (κ2) is 8.42. The van der Waals surface area contributed by atoms with Gasteiger partial charge in [-0.25, -0.2) is 0 Å². The standard InChI is InChI=1S/C14H27N5O3/c15-1-2-16-3-7-18(8-4-16)13(21)14(22)19-9-5-17(6-10-19)11-12-20/h20H,1-12,15H2. The predicted octanol–water partition coefficient (Wildman–Crippen LogP) is -2.77. The van der Waals surface area contributed by atoms with Crippen LogP contribution in [0.2, 0.25) is 0 Å². The monoisotopic (exact) mass is 313 g/mol. The maximum absolute atomic E-state index is 12.3. The summed E-state index contributed by atoms with van der Waals surface area (Å²) in [5.41, 5.74) is 5.53. The molecule has 0 aliphatic carbocycles. The lowest BCUT2D eigenvalue weighted by Crippen LogP contribution is -2.56. The lowest BCUT2D eigenvalue weighted by Gasteiger charge is -2.37. The first-order valence-electron chi connectivity index (χ1n) is 7.99. The molecule has 0 bridgehead atoms. The molecule has 2 aliphatic heterocycles. The fraction of sp³-hybridized carbons (Fsp3) is 0.857. The molecule has 0 aromatic rings. The van der Waals surface area contributed by atoms with E-state index >= 15 is 0 Å². The topological polar surface area (TPSA) is 93.3 Å². The van der Waals surface area contributed by atoms with Crippen molar-refractivity contribution < 1.29 is 14.7 Å². The number of nitrogens with zero attached hydrogens (tertiary/aromatic N) is 4. The molecular weight excluding hydrogens is 286 g/mol. The fourth-order valence-electron chi connectivity index (χ4n) is 2.94. The van der Waals surface area contributed by atoms with Crippen LogP contribution in [0.15, 0.2) is 0 Å². The Kier molecular flexibility index (Phi) is 6.56. The number of rotatable bonds is 4. The van der Waals surface area contributed by atoms with Crippen LogP contribution in [0, 0.1) is 0 Å². The smallest absolute Gasteiger partial charge is 0.312 e. The summed E-state index contributed by atoms with van der Waals surface area (Å²) in [6.45, 7) is 7.47. The van der Waals surface area contributed by atoms with Crippen LogP contribution in [0.4, 0.5) is 0 Å². The second-order valence-corrected chi connectivity index (χ2v) is 5.78. The fourth-order valence-corrected chi connectivity index (χ4v) is 2.94. The first-order valence-corrected chi connectivity index (χ1v) is 7.99. The van der Waals surface area contributed by atoms with Gasteiger partial charge < -0.3 is 20.6 Å². The molecule has 3 N–H and O–H groups in total. The van der Waals surface area contributed by atoms with Gasteiger partial charge in [-0.3, -0.25) is 19.4 Å². The van der Waals surface area contributed by atoms with Gasteiger partial charge in [-0.2, -0.15) is 0 Å². The minimum Gasteiger partial charge on any atom is -0.395 e. The van der Waals surface area contributed by atoms with Crippen molar-refractivity contribution in [2.45, 2.75) is 0 Å². The zero-order valence-corrected chi connectivity index (χ0v) is 13.1. The molecule has 2 fully saturated rings. The summed E-state index contributed by atoms with van der Waals surface area (Å²) < 4.78 is 0. The molecule has 0 radical (unpaired) electrons. The third-order valence-corrected chi connectivity index (χ3v) is 4.36. The van der Waals surface area contributed by atoms with Crippen molar-refractivity contribution in [3.63, 3.8) is 0 Å². The van der Waals surface area contributed by atoms with E-state index < -0.39 is 5.91 Å². The minimum absolute atomic E-state index is 0.125. The number of hydrogen-bond donors (Lipinski definition) is 2. The van der Waals surface area contributed by atoms with Gasteiger partial charge in [-0.1, -0.05) is 0 Å². The zero-order chi connectivity index (χ0) is 15.9. The van der Waals surface area contributed by atoms with E-state index in [4.69, 9.17) is 10.8 Å². The molecule has 2 amide bonds. The SMILES string of the molecule is NCCN1CCN(C(=O)C(=O)N2CCN(CCO)CC2)CC1. The molecule has 22 heavy (non-hydrogen) atoms. The molecule has 2 aliphatic rings. The lowest BCUT2D eigenvalue weighted by atomic mass is 10.2. The summed E-state index contributed by atoms with van der Waals surface area (Å²) in [7, 11) is 0. The van der Waals surface area contributed by atoms with Crippen LogP contribution < -0.4 is 5.73 Å². The second-order valence-electron chi connectivity index (χ2n) is 5.78. The van der Waals surface area contributed by atoms with Crippen LogP contribution in [0.1, 0.15) is 0 Å². The summed E-state index contributed by atoms with van der Waals surface area (Å²) in [5, 5.41) is 8.92. The molecule has 2 rings (SSSR count). The number of carbonyl (C=O) groups excluding carboxylic acids is 2. The van der Waals surface area contributed by atoms with Crippen molar-refractivity contribution in [1.82, 2.24) is 19.6 Å². The Balaban J connectivity index is 1.77. The quantitative estimate of drug-likeness (QED) is 0.546. The first-order chi connectivity index (χ1) is 10.7. The number of carbonyl (C=O) groups is 2. The number of β-amino-alcohol motifs (C(OH)–C–C–N with tert-alkyl or cyclic N) is 1. The first kappa shape index (κ1) is 17.1. The summed E-state index contributed by atoms with van der Waals surface area (Å²) >= 11 is 0. The summed E-state index contributed by atoms with van der Waals surface area (Å²) in [4.78, 5) is 32.2. The molecule has 2 heterocycles. The van der Waals surface area contributed by atoms with Crippen LogP contribution in [0.25, 0.3) is 0 Å². The van der Waals surface area contributed by atoms with E-state index in [9.17, 15) is 9.59 Å². The Hall–Kier alpha value is -1.22. The highest BCUT2D eigenvalue weighted by Gasteiger charge is 2.31. The van der Waals surface area contributed by atoms with E-state index in [1.807, 2.05) is 0 Å². The molecule has 0 aromatic carbocycles. The van der Waals surface area contributed by atoms with Gasteiger partial charge in [-0.15, -0.1) is 0 Å². The molecule has 126 valence electrons. The van der Waals surface area contributed by atoms with Gasteiger partial charge in [0.25, 0.3) is 0 Å². The van der Waals surface area contributed by atoms with Crippen LogP contribution in [0.3, 0.4) is 0 Å². The Morgan fingerprint density at radius 1 is 0.773 bits per heavy atom. The average Bonchev–Trinajstić information content (AvgIpc) is 2.55. The van der Waals surface area contributed by atoms with Crippen LogP contribution in [-0.4, -0.2) is 115 Å². The van der Waals surface area contributed by atoms with Crippen molar-refractivity contribution in [2.24, 2.45) is 5.73 Å². The number of piperazine rings is 2. The van der Waals surface area contributed by atoms with Crippen molar-refractivity contribution in [2.75, 3.05) is 78.6 Å². The molecule has 0 unspecified atom stereocenters. The number of aliphatic hydroxyl groups is 1. The summed E-state index contributed by atoms with van der Waals surface area (Å²) in [6.07, 6.45) is 0. The zero-order valence-electron chi connectivity index (χ0n) is 13.1. The van der Waals surface area contributed by atoms with E-state index in [-0.39, 0.29) is 12.5 Å². The maximum atomic E-state index is 12.3. The molecule has 0 atom stereocenters. The lowest BCUT2D eigenvalue weighted by molar-refractivity contribution is -0.153. The highest BCUT2D eigenvalue weighted by atomic mass is 16.3. The van der Waals surface area contributed by atoms with Crippen LogP contribution in [0.5, 0.6) is 0 Å². The average molecular weight is 313 g/mol. The Labute approximate surface area is 131 Å². The van der Waals surface area contributed by atoms with E-state index in [1.54, 1.807) is 9.80 Å². The molecule has 0 aromatic heterocycles. The maximum Gasteiger partial charge on any atom is 0.312 e. The van der Waals surface area contributed by atoms with Gasteiger partial charge in [0.05, 0.1) is 6.61 Å². The van der Waals surface area contributed by atoms with E-state index in [0.29, 0.717) is 52.4 Å². The van der Waals surface area contributed by atoms with Gasteiger partial charge in [0.1, 0.15) is 0 Å². The van der Waals surface area contributed by atoms with Gasteiger partial charge in [0.15, 0.2) is 0 Å². The normalized spacial score (nSPS) is 21.2. The molecule has 0 saturated carbocycles. The largest absolute Gasteiger partial charge is 0.395 e. The van der Waals surface area contributed by atoms with Crippen molar-refractivity contribution in [3.8, 4) is 0 Å². The van der Waals surface area contributed by atoms with Gasteiger partial charge >= 0.3 is 11.8 Å². The van der Waals surface area contributed by atoms with Crippen molar-refractivity contribution in [3.05, 3.63) is 0 Å². The van der Waals surface area contributed by atoms with Crippen molar-refractivity contribution in [1.29, 1.82) is 0 Å². The predicted molar refractivity (Wildman–Crippen MR) is 82.2 cm³/mol. The third kappa shape index (κ3) is 4.39. The van der Waals surface area contributed by atoms with Crippen molar-refractivity contribution >= 4 is 11.8 Å². The Morgan fingerprint density at radius 2 is 1.18 bits per heavy atom. The number of hydrogen-bond acceptors (Lipinski definition) is 6. The number of amides is 2.